The maximum atomic E-state index is 12.4. The van der Waals surface area contributed by atoms with E-state index < -0.39 is 0 Å². The van der Waals surface area contributed by atoms with Crippen molar-refractivity contribution >= 4 is 5.91 Å². The second-order valence-corrected chi connectivity index (χ2v) is 4.81. The van der Waals surface area contributed by atoms with E-state index in [2.05, 4.69) is 11.8 Å². The zero-order chi connectivity index (χ0) is 15.1. The van der Waals surface area contributed by atoms with Crippen LogP contribution in [0.4, 0.5) is 0 Å². The first-order valence-electron chi connectivity index (χ1n) is 6.63. The molecule has 0 fully saturated rings. The lowest BCUT2D eigenvalue weighted by atomic mass is 10.0. The van der Waals surface area contributed by atoms with Gasteiger partial charge in [-0.3, -0.25) is 4.79 Å². The monoisotopic (exact) mass is 275 g/mol. The quantitative estimate of drug-likeness (QED) is 0.811. The molecule has 0 bridgehead atoms. The van der Waals surface area contributed by atoms with E-state index in [0.717, 1.165) is 11.1 Å². The lowest BCUT2D eigenvalue weighted by Crippen LogP contribution is -2.39. The molecule has 0 aliphatic heterocycles. The average molecular weight is 275 g/mol. The normalized spacial score (nSPS) is 10.1. The average Bonchev–Trinajstić information content (AvgIpc) is 2.42. The highest BCUT2D eigenvalue weighted by Gasteiger charge is 2.18. The zero-order valence-electron chi connectivity index (χ0n) is 12.2. The number of nitrogens with zero attached hydrogens (tertiary/aromatic N) is 1. The Labute approximate surface area is 120 Å². The molecule has 1 aromatic rings. The van der Waals surface area contributed by atoms with Crippen LogP contribution >= 0.6 is 0 Å². The molecule has 20 heavy (non-hydrogen) atoms. The third kappa shape index (κ3) is 4.09. The van der Waals surface area contributed by atoms with Crippen molar-refractivity contribution in [1.82, 2.24) is 4.90 Å². The Morgan fingerprint density at radius 1 is 1.35 bits per heavy atom. The van der Waals surface area contributed by atoms with Crippen LogP contribution < -0.4 is 0 Å². The number of rotatable bonds is 4. The fourth-order valence-electron chi connectivity index (χ4n) is 1.89. The first-order valence-corrected chi connectivity index (χ1v) is 6.63. The van der Waals surface area contributed by atoms with E-state index in [1.54, 1.807) is 17.0 Å². The number of aryl methyl sites for hydroxylation is 1. The van der Waals surface area contributed by atoms with E-state index >= 15 is 0 Å². The molecule has 0 heterocycles. The Morgan fingerprint density at radius 3 is 2.60 bits per heavy atom. The summed E-state index contributed by atoms with van der Waals surface area (Å²) in [6.07, 6.45) is 0. The molecule has 1 aromatic carbocycles. The summed E-state index contributed by atoms with van der Waals surface area (Å²) in [5, 5.41) is 17.8. The van der Waals surface area contributed by atoms with Crippen LogP contribution in [-0.4, -0.2) is 46.8 Å². The van der Waals surface area contributed by atoms with E-state index in [1.807, 2.05) is 26.8 Å². The van der Waals surface area contributed by atoms with E-state index in [1.165, 1.54) is 0 Å². The van der Waals surface area contributed by atoms with Crippen LogP contribution in [0, 0.1) is 18.8 Å². The maximum Gasteiger partial charge on any atom is 0.254 e. The molecule has 0 saturated heterocycles. The maximum absolute atomic E-state index is 12.4. The van der Waals surface area contributed by atoms with Gasteiger partial charge in [-0.15, -0.1) is 0 Å². The summed E-state index contributed by atoms with van der Waals surface area (Å²) in [5.74, 6) is 5.30. The van der Waals surface area contributed by atoms with Gasteiger partial charge in [-0.1, -0.05) is 17.9 Å². The number of aliphatic hydroxyl groups excluding tert-OH is 2. The van der Waals surface area contributed by atoms with Gasteiger partial charge in [-0.25, -0.2) is 0 Å². The molecule has 2 N–H and O–H groups in total. The van der Waals surface area contributed by atoms with Gasteiger partial charge < -0.3 is 15.1 Å². The van der Waals surface area contributed by atoms with Crippen molar-refractivity contribution in [1.29, 1.82) is 0 Å². The molecule has 108 valence electrons. The van der Waals surface area contributed by atoms with Gasteiger partial charge in [0.05, 0.1) is 6.61 Å². The molecular weight excluding hydrogens is 254 g/mol. The molecule has 1 rings (SSSR count). The molecule has 0 aliphatic rings. The van der Waals surface area contributed by atoms with Crippen molar-refractivity contribution in [3.8, 4) is 11.8 Å². The van der Waals surface area contributed by atoms with Crippen LogP contribution in [-0.2, 0) is 0 Å². The summed E-state index contributed by atoms with van der Waals surface area (Å²) in [4.78, 5) is 14.0. The van der Waals surface area contributed by atoms with Gasteiger partial charge in [0, 0.05) is 23.7 Å². The second-order valence-electron chi connectivity index (χ2n) is 4.81. The molecule has 0 unspecified atom stereocenters. The van der Waals surface area contributed by atoms with Crippen molar-refractivity contribution in [2.24, 2.45) is 0 Å². The largest absolute Gasteiger partial charge is 0.395 e. The highest BCUT2D eigenvalue weighted by atomic mass is 16.3. The van der Waals surface area contributed by atoms with Crippen molar-refractivity contribution in [2.45, 2.75) is 26.8 Å². The van der Waals surface area contributed by atoms with Crippen LogP contribution in [0.2, 0.25) is 0 Å². The second kappa shape index (κ2) is 7.68. The highest BCUT2D eigenvalue weighted by molar-refractivity contribution is 5.95. The molecule has 0 spiro atoms. The first kappa shape index (κ1) is 16.2. The van der Waals surface area contributed by atoms with E-state index in [0.29, 0.717) is 12.1 Å². The lowest BCUT2D eigenvalue weighted by Gasteiger charge is -2.26. The fraction of sp³-hybridized carbons (Fsp3) is 0.438. The minimum Gasteiger partial charge on any atom is -0.395 e. The number of carbonyl (C=O) groups excluding carboxylic acids is 1. The number of hydrogen-bond acceptors (Lipinski definition) is 3. The summed E-state index contributed by atoms with van der Waals surface area (Å²) in [6.45, 7) is 5.77. The van der Waals surface area contributed by atoms with E-state index in [-0.39, 0.29) is 25.2 Å². The van der Waals surface area contributed by atoms with Crippen molar-refractivity contribution < 1.29 is 15.0 Å². The van der Waals surface area contributed by atoms with Crippen molar-refractivity contribution in [3.05, 3.63) is 34.9 Å². The van der Waals surface area contributed by atoms with Crippen LogP contribution in [0.3, 0.4) is 0 Å². The zero-order valence-corrected chi connectivity index (χ0v) is 12.2. The smallest absolute Gasteiger partial charge is 0.254 e. The van der Waals surface area contributed by atoms with Gasteiger partial charge in [0.2, 0.25) is 0 Å². The van der Waals surface area contributed by atoms with Gasteiger partial charge in [0.1, 0.15) is 6.61 Å². The lowest BCUT2D eigenvalue weighted by molar-refractivity contribution is 0.0665. The number of hydrogen-bond donors (Lipinski definition) is 2. The Morgan fingerprint density at radius 2 is 2.05 bits per heavy atom. The predicted molar refractivity (Wildman–Crippen MR) is 78.4 cm³/mol. The van der Waals surface area contributed by atoms with E-state index in [9.17, 15) is 4.79 Å². The molecule has 0 radical (unpaired) electrons. The summed E-state index contributed by atoms with van der Waals surface area (Å²) in [7, 11) is 0. The Bertz CT molecular complexity index is 526. The van der Waals surface area contributed by atoms with Gasteiger partial charge in [-0.05, 0) is 38.5 Å². The first-order chi connectivity index (χ1) is 9.51. The van der Waals surface area contributed by atoms with Crippen LogP contribution in [0.15, 0.2) is 18.2 Å². The van der Waals surface area contributed by atoms with E-state index in [4.69, 9.17) is 10.2 Å². The molecule has 0 saturated carbocycles. The summed E-state index contributed by atoms with van der Waals surface area (Å²) in [6, 6.07) is 5.34. The molecular formula is C16H21NO3. The van der Waals surface area contributed by atoms with Gasteiger partial charge in [-0.2, -0.15) is 0 Å². The third-order valence-electron chi connectivity index (χ3n) is 3.01. The topological polar surface area (TPSA) is 60.8 Å². The Hall–Kier alpha value is -1.83. The van der Waals surface area contributed by atoms with Crippen molar-refractivity contribution in [3.63, 3.8) is 0 Å². The standard InChI is InChI=1S/C16H21NO3/c1-12(2)17(8-10-19)16(20)15-7-6-13(3)14(11-15)5-4-9-18/h6-7,11-12,18-19H,8-10H2,1-3H3. The molecule has 0 atom stereocenters. The van der Waals surface area contributed by atoms with Gasteiger partial charge in [0.15, 0.2) is 0 Å². The van der Waals surface area contributed by atoms with Gasteiger partial charge in [0.25, 0.3) is 5.91 Å². The Kier molecular flexibility index (Phi) is 6.23. The van der Waals surface area contributed by atoms with Crippen LogP contribution in [0.5, 0.6) is 0 Å². The predicted octanol–water partition coefficient (Wildman–Crippen LogP) is 1.18. The Balaban J connectivity index is 3.09. The molecule has 4 heteroatoms. The minimum atomic E-state index is -0.208. The number of carbonyl (C=O) groups is 1. The number of benzene rings is 1. The molecule has 0 aliphatic carbocycles. The number of aliphatic hydroxyl groups is 2. The summed E-state index contributed by atoms with van der Waals surface area (Å²) in [5.41, 5.74) is 2.23. The highest BCUT2D eigenvalue weighted by Crippen LogP contribution is 2.14. The summed E-state index contributed by atoms with van der Waals surface area (Å²) >= 11 is 0. The summed E-state index contributed by atoms with van der Waals surface area (Å²) < 4.78 is 0. The van der Waals surface area contributed by atoms with Gasteiger partial charge >= 0.3 is 0 Å². The fourth-order valence-corrected chi connectivity index (χ4v) is 1.89. The molecule has 4 nitrogen and oxygen atoms in total. The molecule has 1 amide bonds. The molecule has 0 aromatic heterocycles. The minimum absolute atomic E-state index is 0.0166. The van der Waals surface area contributed by atoms with Crippen LogP contribution in [0.1, 0.15) is 35.3 Å². The number of amides is 1. The third-order valence-corrected chi connectivity index (χ3v) is 3.01. The van der Waals surface area contributed by atoms with Crippen LogP contribution in [0.25, 0.3) is 0 Å². The van der Waals surface area contributed by atoms with Crippen molar-refractivity contribution in [2.75, 3.05) is 19.8 Å². The SMILES string of the molecule is Cc1ccc(C(=O)N(CCO)C(C)C)cc1C#CCO.